The van der Waals surface area contributed by atoms with E-state index >= 15 is 0 Å². The van der Waals surface area contributed by atoms with Crippen molar-refractivity contribution < 1.29 is 32.1 Å². The van der Waals surface area contributed by atoms with Gasteiger partial charge in [-0.1, -0.05) is 36.4 Å². The SMILES string of the molecule is C=CCCOc1ccc(C2CCC(COc3ccc(-c4ccc(C(C)O)cc4)c(F)c3F)CC2)c(F)c1F. The normalized spacial score (nSPS) is 18.2. The minimum atomic E-state index is -1.05. The maximum atomic E-state index is 14.8. The Morgan fingerprint density at radius 3 is 2.13 bits per heavy atom. The van der Waals surface area contributed by atoms with E-state index < -0.39 is 29.4 Å². The maximum Gasteiger partial charge on any atom is 0.201 e. The first kappa shape index (κ1) is 27.7. The third-order valence-corrected chi connectivity index (χ3v) is 7.17. The molecule has 0 amide bonds. The lowest BCUT2D eigenvalue weighted by Gasteiger charge is -2.29. The Labute approximate surface area is 220 Å². The summed E-state index contributed by atoms with van der Waals surface area (Å²) in [4.78, 5) is 0. The summed E-state index contributed by atoms with van der Waals surface area (Å²) in [5, 5.41) is 9.64. The summed E-state index contributed by atoms with van der Waals surface area (Å²) in [6, 6.07) is 12.6. The first-order valence-electron chi connectivity index (χ1n) is 12.9. The lowest BCUT2D eigenvalue weighted by atomic mass is 9.79. The van der Waals surface area contributed by atoms with Gasteiger partial charge < -0.3 is 14.6 Å². The molecule has 202 valence electrons. The predicted octanol–water partition coefficient (Wildman–Crippen LogP) is 8.27. The molecular weight excluding hydrogens is 496 g/mol. The molecule has 3 aromatic rings. The fourth-order valence-electron chi connectivity index (χ4n) is 4.88. The van der Waals surface area contributed by atoms with Gasteiger partial charge >= 0.3 is 0 Å². The highest BCUT2D eigenvalue weighted by atomic mass is 19.2. The number of aliphatic hydroxyl groups is 1. The van der Waals surface area contributed by atoms with Crippen LogP contribution in [0.4, 0.5) is 17.6 Å². The van der Waals surface area contributed by atoms with Crippen LogP contribution in [0.5, 0.6) is 11.5 Å². The predicted molar refractivity (Wildman–Crippen MR) is 139 cm³/mol. The van der Waals surface area contributed by atoms with E-state index in [-0.39, 0.29) is 42.1 Å². The van der Waals surface area contributed by atoms with Gasteiger partial charge in [0, 0.05) is 5.56 Å². The van der Waals surface area contributed by atoms with Crippen molar-refractivity contribution in [3.8, 4) is 22.6 Å². The third-order valence-electron chi connectivity index (χ3n) is 7.17. The minimum Gasteiger partial charge on any atom is -0.490 e. The zero-order valence-corrected chi connectivity index (χ0v) is 21.4. The summed E-state index contributed by atoms with van der Waals surface area (Å²) >= 11 is 0. The second-order valence-electron chi connectivity index (χ2n) is 9.77. The highest BCUT2D eigenvalue weighted by Crippen LogP contribution is 2.39. The van der Waals surface area contributed by atoms with E-state index in [9.17, 15) is 22.7 Å². The Hall–Kier alpha value is -3.32. The highest BCUT2D eigenvalue weighted by Gasteiger charge is 2.27. The van der Waals surface area contributed by atoms with Crippen LogP contribution in [0.3, 0.4) is 0 Å². The van der Waals surface area contributed by atoms with E-state index in [1.165, 1.54) is 18.2 Å². The molecule has 0 spiro atoms. The summed E-state index contributed by atoms with van der Waals surface area (Å²) in [5.74, 6) is -4.20. The summed E-state index contributed by atoms with van der Waals surface area (Å²) in [5.41, 5.74) is 1.63. The molecule has 0 aliphatic heterocycles. The van der Waals surface area contributed by atoms with E-state index in [0.29, 0.717) is 48.8 Å². The molecule has 1 fully saturated rings. The van der Waals surface area contributed by atoms with E-state index in [4.69, 9.17) is 9.47 Å². The highest BCUT2D eigenvalue weighted by molar-refractivity contribution is 5.65. The molecule has 1 aliphatic carbocycles. The quantitative estimate of drug-likeness (QED) is 0.164. The van der Waals surface area contributed by atoms with Crippen molar-refractivity contribution in [1.29, 1.82) is 0 Å². The maximum absolute atomic E-state index is 14.8. The Morgan fingerprint density at radius 1 is 0.842 bits per heavy atom. The Kier molecular flexibility index (Phi) is 9.10. The molecule has 0 bridgehead atoms. The van der Waals surface area contributed by atoms with Crippen molar-refractivity contribution in [3.05, 3.63) is 95.6 Å². The van der Waals surface area contributed by atoms with Gasteiger partial charge in [0.1, 0.15) is 0 Å². The molecule has 3 nitrogen and oxygen atoms in total. The van der Waals surface area contributed by atoms with Crippen LogP contribution in [0.2, 0.25) is 0 Å². The first-order chi connectivity index (χ1) is 18.3. The molecule has 1 saturated carbocycles. The van der Waals surface area contributed by atoms with Crippen molar-refractivity contribution in [3.63, 3.8) is 0 Å². The molecule has 0 heterocycles. The van der Waals surface area contributed by atoms with Crippen molar-refractivity contribution >= 4 is 0 Å². The summed E-state index contributed by atoms with van der Waals surface area (Å²) in [6.45, 7) is 5.64. The molecule has 7 heteroatoms. The summed E-state index contributed by atoms with van der Waals surface area (Å²) in [7, 11) is 0. The van der Waals surface area contributed by atoms with Crippen LogP contribution in [0.15, 0.2) is 61.2 Å². The number of rotatable bonds is 10. The standard InChI is InChI=1S/C31H32F4O3/c1-3-4-17-37-26-15-13-24(28(32)30(26)34)22-7-5-20(6-8-22)18-38-27-16-14-25(29(33)31(27)35)23-11-9-21(10-12-23)19(2)36/h3,9-16,19-20,22,36H,1,4-8,17-18H2,2H3. The Balaban J connectivity index is 1.34. The largest absolute Gasteiger partial charge is 0.490 e. The number of halogens is 4. The second kappa shape index (κ2) is 12.5. The van der Waals surface area contributed by atoms with Gasteiger partial charge in [0.15, 0.2) is 23.1 Å². The van der Waals surface area contributed by atoms with Gasteiger partial charge in [-0.2, -0.15) is 8.78 Å². The molecule has 1 N–H and O–H groups in total. The van der Waals surface area contributed by atoms with E-state index in [0.717, 1.165) is 0 Å². The fraction of sp³-hybridized carbons (Fsp3) is 0.355. The van der Waals surface area contributed by atoms with Gasteiger partial charge in [0.05, 0.1) is 19.3 Å². The van der Waals surface area contributed by atoms with Crippen molar-refractivity contribution in [2.75, 3.05) is 13.2 Å². The summed E-state index contributed by atoms with van der Waals surface area (Å²) in [6.07, 6.45) is 4.20. The van der Waals surface area contributed by atoms with Crippen LogP contribution in [0.25, 0.3) is 11.1 Å². The number of benzene rings is 3. The smallest absolute Gasteiger partial charge is 0.201 e. The van der Waals surface area contributed by atoms with Crippen LogP contribution in [-0.4, -0.2) is 18.3 Å². The van der Waals surface area contributed by atoms with Gasteiger partial charge in [-0.3, -0.25) is 0 Å². The average molecular weight is 529 g/mol. The third kappa shape index (κ3) is 6.21. The second-order valence-corrected chi connectivity index (χ2v) is 9.77. The van der Waals surface area contributed by atoms with Gasteiger partial charge in [-0.25, -0.2) is 8.78 Å². The molecule has 3 aromatic carbocycles. The monoisotopic (exact) mass is 528 g/mol. The van der Waals surface area contributed by atoms with Crippen molar-refractivity contribution in [1.82, 2.24) is 0 Å². The van der Waals surface area contributed by atoms with Crippen LogP contribution in [0.1, 0.15) is 62.2 Å². The van der Waals surface area contributed by atoms with Crippen molar-refractivity contribution in [2.24, 2.45) is 5.92 Å². The molecule has 0 aromatic heterocycles. The van der Waals surface area contributed by atoms with Crippen LogP contribution < -0.4 is 9.47 Å². The average Bonchev–Trinajstić information content (AvgIpc) is 2.92. The molecule has 1 unspecified atom stereocenters. The van der Waals surface area contributed by atoms with E-state index in [1.807, 2.05) is 0 Å². The molecule has 4 rings (SSSR count). The first-order valence-corrected chi connectivity index (χ1v) is 12.9. The molecule has 1 aliphatic rings. The van der Waals surface area contributed by atoms with E-state index in [1.54, 1.807) is 43.3 Å². The zero-order valence-electron chi connectivity index (χ0n) is 21.4. The molecule has 38 heavy (non-hydrogen) atoms. The van der Waals surface area contributed by atoms with Gasteiger partial charge in [0.25, 0.3) is 0 Å². The molecule has 1 atom stereocenters. The van der Waals surface area contributed by atoms with E-state index in [2.05, 4.69) is 6.58 Å². The van der Waals surface area contributed by atoms with Gasteiger partial charge in [-0.05, 0) is 85.8 Å². The van der Waals surface area contributed by atoms with Gasteiger partial charge in [-0.15, -0.1) is 6.58 Å². The van der Waals surface area contributed by atoms with Crippen LogP contribution in [0, 0.1) is 29.2 Å². The van der Waals surface area contributed by atoms with Crippen molar-refractivity contribution in [2.45, 2.75) is 51.0 Å². The number of ether oxygens (including phenoxy) is 2. The Bertz CT molecular complexity index is 1250. The molecule has 0 saturated heterocycles. The molecule has 0 radical (unpaired) electrons. The fourth-order valence-corrected chi connectivity index (χ4v) is 4.88. The molecular formula is C31H32F4O3. The van der Waals surface area contributed by atoms with Gasteiger partial charge in [0.2, 0.25) is 11.6 Å². The lowest BCUT2D eigenvalue weighted by Crippen LogP contribution is -2.20. The summed E-state index contributed by atoms with van der Waals surface area (Å²) < 4.78 is 69.7. The topological polar surface area (TPSA) is 38.7 Å². The van der Waals surface area contributed by atoms with Crippen LogP contribution >= 0.6 is 0 Å². The Morgan fingerprint density at radius 2 is 1.47 bits per heavy atom. The number of hydrogen-bond donors (Lipinski definition) is 1. The van der Waals surface area contributed by atoms with Crippen LogP contribution in [-0.2, 0) is 0 Å². The zero-order chi connectivity index (χ0) is 27.2. The number of aliphatic hydroxyl groups excluding tert-OH is 1. The lowest BCUT2D eigenvalue weighted by molar-refractivity contribution is 0.191. The minimum absolute atomic E-state index is 0.0934. The number of hydrogen-bond acceptors (Lipinski definition) is 3.